The van der Waals surface area contributed by atoms with Gasteiger partial charge in [0.2, 0.25) is 17.7 Å². The Kier molecular flexibility index (Phi) is 14.0. The van der Waals surface area contributed by atoms with Crippen molar-refractivity contribution in [1.29, 1.82) is 0 Å². The van der Waals surface area contributed by atoms with Crippen molar-refractivity contribution in [3.05, 3.63) is 71.8 Å². The second-order valence-corrected chi connectivity index (χ2v) is 10.4. The second kappa shape index (κ2) is 17.4. The molecule has 0 aromatic heterocycles. The zero-order valence-corrected chi connectivity index (χ0v) is 23.8. The maximum Gasteiger partial charge on any atom is 0.407 e. The van der Waals surface area contributed by atoms with E-state index in [1.807, 2.05) is 26.0 Å². The molecule has 0 radical (unpaired) electrons. The average Bonchev–Trinajstić information content (AvgIpc) is 2.94. The standard InChI is InChI=1S/C30H40N4O8/c1-19(2)15-24(28(31)39)33-29(40)22(13-14-27(37)38)32-26(36)17-25(35)23(16-20-9-5-3-6-10-20)34-30(41)42-18-21-11-7-4-8-12-21/h3-12,19,22-25,35H,13-18H2,1-2H3,(H2,31,39)(H,32,36)(H,33,40)(H,34,41)(H,37,38)/t22-,23-,24-,25-/m0/s1. The molecule has 42 heavy (non-hydrogen) atoms. The summed E-state index contributed by atoms with van der Waals surface area (Å²) in [5, 5.41) is 27.6. The Morgan fingerprint density at radius 1 is 0.857 bits per heavy atom. The lowest BCUT2D eigenvalue weighted by Crippen LogP contribution is -2.54. The Morgan fingerprint density at radius 2 is 1.45 bits per heavy atom. The van der Waals surface area contributed by atoms with Crippen LogP contribution < -0.4 is 21.7 Å². The molecule has 0 aliphatic heterocycles. The van der Waals surface area contributed by atoms with Crippen LogP contribution in [0, 0.1) is 5.92 Å². The van der Waals surface area contributed by atoms with Crippen molar-refractivity contribution < 1.29 is 38.9 Å². The summed E-state index contributed by atoms with van der Waals surface area (Å²) in [6.45, 7) is 3.68. The van der Waals surface area contributed by atoms with E-state index in [0.717, 1.165) is 11.1 Å². The number of nitrogens with one attached hydrogen (secondary N) is 3. The third-order valence-corrected chi connectivity index (χ3v) is 6.34. The van der Waals surface area contributed by atoms with Crippen LogP contribution in [0.2, 0.25) is 0 Å². The van der Waals surface area contributed by atoms with E-state index in [1.54, 1.807) is 48.5 Å². The van der Waals surface area contributed by atoms with Crippen LogP contribution in [0.15, 0.2) is 60.7 Å². The van der Waals surface area contributed by atoms with Crippen molar-refractivity contribution in [2.75, 3.05) is 0 Å². The number of hydrogen-bond acceptors (Lipinski definition) is 7. The number of aliphatic carboxylic acids is 1. The molecule has 0 spiro atoms. The fraction of sp³-hybridized carbons (Fsp3) is 0.433. The summed E-state index contributed by atoms with van der Waals surface area (Å²) in [6, 6.07) is 14.8. The molecule has 12 heteroatoms. The molecule has 0 fully saturated rings. The van der Waals surface area contributed by atoms with Gasteiger partial charge in [0.15, 0.2) is 0 Å². The highest BCUT2D eigenvalue weighted by molar-refractivity contribution is 5.92. The molecule has 0 saturated heterocycles. The first kappa shape index (κ1) is 33.8. The van der Waals surface area contributed by atoms with Gasteiger partial charge in [0, 0.05) is 6.42 Å². The smallest absolute Gasteiger partial charge is 0.407 e. The third kappa shape index (κ3) is 12.8. The van der Waals surface area contributed by atoms with Crippen LogP contribution in [0.4, 0.5) is 4.79 Å². The molecule has 0 aliphatic carbocycles. The number of alkyl carbamates (subject to hydrolysis) is 1. The molecule has 0 aliphatic rings. The molecule has 4 atom stereocenters. The minimum absolute atomic E-state index is 0.00475. The number of carbonyl (C=O) groups excluding carboxylic acids is 4. The number of benzene rings is 2. The zero-order valence-electron chi connectivity index (χ0n) is 23.8. The molecule has 0 saturated carbocycles. The predicted octanol–water partition coefficient (Wildman–Crippen LogP) is 1.64. The minimum atomic E-state index is -1.39. The molecule has 0 unspecified atom stereocenters. The first-order valence-electron chi connectivity index (χ1n) is 13.7. The molecule has 7 N–H and O–H groups in total. The number of amides is 4. The molecule has 228 valence electrons. The van der Waals surface area contributed by atoms with Crippen LogP contribution in [0.5, 0.6) is 0 Å². The number of rotatable bonds is 17. The molecule has 0 bridgehead atoms. The first-order valence-corrected chi connectivity index (χ1v) is 13.7. The Labute approximate surface area is 245 Å². The Hall–Kier alpha value is -4.45. The van der Waals surface area contributed by atoms with E-state index in [0.29, 0.717) is 0 Å². The number of carboxylic acid groups (broad SMARTS) is 1. The zero-order chi connectivity index (χ0) is 31.1. The lowest BCUT2D eigenvalue weighted by atomic mass is 9.98. The summed E-state index contributed by atoms with van der Waals surface area (Å²) in [4.78, 5) is 61.4. The third-order valence-electron chi connectivity index (χ3n) is 6.34. The van der Waals surface area contributed by atoms with Gasteiger partial charge in [0.25, 0.3) is 0 Å². The topological polar surface area (TPSA) is 197 Å². The number of primary amides is 1. The quantitative estimate of drug-likeness (QED) is 0.161. The van der Waals surface area contributed by atoms with Crippen molar-refractivity contribution in [3.63, 3.8) is 0 Å². The second-order valence-electron chi connectivity index (χ2n) is 10.4. The summed E-state index contributed by atoms with van der Waals surface area (Å²) >= 11 is 0. The predicted molar refractivity (Wildman–Crippen MR) is 154 cm³/mol. The highest BCUT2D eigenvalue weighted by Crippen LogP contribution is 2.11. The van der Waals surface area contributed by atoms with E-state index in [-0.39, 0.29) is 31.8 Å². The van der Waals surface area contributed by atoms with Gasteiger partial charge in [0.1, 0.15) is 18.7 Å². The Bertz CT molecular complexity index is 1180. The number of aliphatic hydroxyl groups excluding tert-OH is 1. The summed E-state index contributed by atoms with van der Waals surface area (Å²) in [7, 11) is 0. The van der Waals surface area contributed by atoms with Gasteiger partial charge >= 0.3 is 12.1 Å². The maximum absolute atomic E-state index is 12.9. The van der Waals surface area contributed by atoms with Crippen molar-refractivity contribution in [3.8, 4) is 0 Å². The maximum atomic E-state index is 12.9. The molecule has 12 nitrogen and oxygen atoms in total. The fourth-order valence-electron chi connectivity index (χ4n) is 4.18. The SMILES string of the molecule is CC(C)C[C@H](NC(=O)[C@H](CCC(=O)O)NC(=O)C[C@H](O)[C@H](Cc1ccccc1)NC(=O)OCc1ccccc1)C(N)=O. The van der Waals surface area contributed by atoms with Crippen LogP contribution in [0.1, 0.15) is 50.7 Å². The van der Waals surface area contributed by atoms with Crippen LogP contribution in [0.25, 0.3) is 0 Å². The molecule has 2 aromatic carbocycles. The summed E-state index contributed by atoms with van der Waals surface area (Å²) in [5.41, 5.74) is 6.95. The van der Waals surface area contributed by atoms with Crippen molar-refractivity contribution in [1.82, 2.24) is 16.0 Å². The fourth-order valence-corrected chi connectivity index (χ4v) is 4.18. The minimum Gasteiger partial charge on any atom is -0.481 e. The summed E-state index contributed by atoms with van der Waals surface area (Å²) in [6.07, 6.45) is -2.96. The van der Waals surface area contributed by atoms with Gasteiger partial charge in [-0.2, -0.15) is 0 Å². The van der Waals surface area contributed by atoms with Gasteiger partial charge in [-0.05, 0) is 36.3 Å². The van der Waals surface area contributed by atoms with E-state index >= 15 is 0 Å². The van der Waals surface area contributed by atoms with Crippen molar-refractivity contribution in [2.45, 2.75) is 76.8 Å². The Balaban J connectivity index is 2.10. The van der Waals surface area contributed by atoms with E-state index in [2.05, 4.69) is 16.0 Å². The number of carboxylic acids is 1. The molecule has 0 heterocycles. The van der Waals surface area contributed by atoms with Gasteiger partial charge < -0.3 is 36.6 Å². The highest BCUT2D eigenvalue weighted by atomic mass is 16.5. The monoisotopic (exact) mass is 584 g/mol. The number of hydrogen-bond donors (Lipinski definition) is 6. The van der Waals surface area contributed by atoms with Gasteiger partial charge in [-0.3, -0.25) is 19.2 Å². The van der Waals surface area contributed by atoms with Crippen LogP contribution in [-0.2, 0) is 36.9 Å². The largest absolute Gasteiger partial charge is 0.481 e. The van der Waals surface area contributed by atoms with Crippen LogP contribution in [0.3, 0.4) is 0 Å². The molecule has 2 rings (SSSR count). The molecule has 4 amide bonds. The van der Waals surface area contributed by atoms with Crippen LogP contribution in [-0.4, -0.2) is 64.2 Å². The normalized spacial score (nSPS) is 13.7. The van der Waals surface area contributed by atoms with Gasteiger partial charge in [-0.25, -0.2) is 4.79 Å². The lowest BCUT2D eigenvalue weighted by molar-refractivity contribution is -0.138. The van der Waals surface area contributed by atoms with Crippen LogP contribution >= 0.6 is 0 Å². The van der Waals surface area contributed by atoms with E-state index in [1.165, 1.54) is 0 Å². The van der Waals surface area contributed by atoms with Gasteiger partial charge in [0.05, 0.1) is 18.6 Å². The lowest BCUT2D eigenvalue weighted by Gasteiger charge is -2.26. The van der Waals surface area contributed by atoms with Gasteiger partial charge in [-0.1, -0.05) is 74.5 Å². The Morgan fingerprint density at radius 3 is 2.00 bits per heavy atom. The molecular formula is C30H40N4O8. The van der Waals surface area contributed by atoms with E-state index in [9.17, 15) is 29.1 Å². The molecular weight excluding hydrogens is 544 g/mol. The average molecular weight is 585 g/mol. The van der Waals surface area contributed by atoms with E-state index in [4.69, 9.17) is 15.6 Å². The first-order chi connectivity index (χ1) is 19.9. The molecule has 2 aromatic rings. The van der Waals surface area contributed by atoms with Crippen molar-refractivity contribution >= 4 is 29.8 Å². The number of aliphatic hydroxyl groups is 1. The number of nitrogens with two attached hydrogens (primary N) is 1. The van der Waals surface area contributed by atoms with E-state index < -0.39 is 66.9 Å². The number of ether oxygens (including phenoxy) is 1. The summed E-state index contributed by atoms with van der Waals surface area (Å²) in [5.74, 6) is -3.45. The van der Waals surface area contributed by atoms with Crippen molar-refractivity contribution in [2.24, 2.45) is 11.7 Å². The van der Waals surface area contributed by atoms with Gasteiger partial charge in [-0.15, -0.1) is 0 Å². The number of carbonyl (C=O) groups is 5. The summed E-state index contributed by atoms with van der Waals surface area (Å²) < 4.78 is 5.28. The highest BCUT2D eigenvalue weighted by Gasteiger charge is 2.29.